The van der Waals surface area contributed by atoms with Crippen molar-refractivity contribution in [1.82, 2.24) is 4.73 Å². The largest absolute Gasteiger partial charge is 0.427 e. The zero-order valence-electron chi connectivity index (χ0n) is 5.84. The quantitative estimate of drug-likeness (QED) is 0.606. The van der Waals surface area contributed by atoms with Gasteiger partial charge in [-0.3, -0.25) is 5.41 Å². The van der Waals surface area contributed by atoms with Gasteiger partial charge in [0.25, 0.3) is 0 Å². The Bertz CT molecular complexity index is 308. The number of aryl methyl sites for hydroxylation is 1. The lowest BCUT2D eigenvalue weighted by Crippen LogP contribution is -2.18. The van der Waals surface area contributed by atoms with Gasteiger partial charge in [0.2, 0.25) is 0 Å². The first-order chi connectivity index (χ1) is 4.61. The average Bonchev–Trinajstić information content (AvgIpc) is 1.82. The van der Waals surface area contributed by atoms with Crippen molar-refractivity contribution in [1.29, 1.82) is 5.41 Å². The predicted octanol–water partition coefficient (Wildman–Crippen LogP) is 1.59. The van der Waals surface area contributed by atoms with Crippen molar-refractivity contribution in [2.45, 2.75) is 6.92 Å². The minimum Gasteiger partial charge on any atom is -0.427 e. The summed E-state index contributed by atoms with van der Waals surface area (Å²) in [6.45, 7) is 1.67. The molecule has 5 heteroatoms. The van der Waals surface area contributed by atoms with E-state index in [1.54, 1.807) is 13.0 Å². The van der Waals surface area contributed by atoms with Crippen LogP contribution in [-0.2, 0) is 0 Å². The second-order valence-electron chi connectivity index (χ2n) is 2.01. The van der Waals surface area contributed by atoms with Crippen LogP contribution in [0.25, 0.3) is 0 Å². The van der Waals surface area contributed by atoms with Crippen molar-refractivity contribution in [3.63, 3.8) is 0 Å². The third-order valence-electron chi connectivity index (χ3n) is 1.18. The first-order valence-corrected chi connectivity index (χ1v) is 3.12. The van der Waals surface area contributed by atoms with Crippen molar-refractivity contribution in [3.05, 3.63) is 28.3 Å². The third kappa shape index (κ3) is 2.13. The highest BCUT2D eigenvalue weighted by atomic mass is 35.5. The van der Waals surface area contributed by atoms with Gasteiger partial charge in [0.15, 0.2) is 5.49 Å². The Hall–Kier alpha value is -0.670. The lowest BCUT2D eigenvalue weighted by molar-refractivity contribution is 0.164. The minimum atomic E-state index is -0.00926. The van der Waals surface area contributed by atoms with E-state index in [0.29, 0.717) is 10.7 Å². The predicted molar refractivity (Wildman–Crippen MR) is 44.5 cm³/mol. The Morgan fingerprint density at radius 3 is 2.55 bits per heavy atom. The van der Waals surface area contributed by atoms with Crippen molar-refractivity contribution >= 4 is 24.0 Å². The molecule has 0 amide bonds. The second-order valence-corrected chi connectivity index (χ2v) is 2.45. The monoisotopic (exact) mass is 194 g/mol. The van der Waals surface area contributed by atoms with Crippen LogP contribution < -0.4 is 5.49 Å². The van der Waals surface area contributed by atoms with Crippen LogP contribution >= 0.6 is 24.0 Å². The van der Waals surface area contributed by atoms with E-state index in [-0.39, 0.29) is 17.9 Å². The normalized spacial score (nSPS) is 8.91. The van der Waals surface area contributed by atoms with Gasteiger partial charge in [-0.05, 0) is 13.0 Å². The van der Waals surface area contributed by atoms with Crippen molar-refractivity contribution < 1.29 is 5.21 Å². The Labute approximate surface area is 75.1 Å². The molecule has 0 aliphatic heterocycles. The molecule has 1 rings (SSSR count). The summed E-state index contributed by atoms with van der Waals surface area (Å²) in [5.41, 5.74) is 0.544. The second kappa shape index (κ2) is 3.64. The first-order valence-electron chi connectivity index (χ1n) is 2.74. The number of nitrogens with one attached hydrogen (secondary N) is 1. The van der Waals surface area contributed by atoms with E-state index in [0.717, 1.165) is 4.73 Å². The van der Waals surface area contributed by atoms with Gasteiger partial charge in [-0.25, -0.2) is 0 Å². The summed E-state index contributed by atoms with van der Waals surface area (Å²) < 4.78 is 0.770. The molecule has 2 N–H and O–H groups in total. The van der Waals surface area contributed by atoms with E-state index < -0.39 is 0 Å². The first kappa shape index (κ1) is 10.3. The summed E-state index contributed by atoms with van der Waals surface area (Å²) in [6, 6.07) is 2.95. The zero-order chi connectivity index (χ0) is 7.72. The molecule has 1 aromatic rings. The molecule has 0 aliphatic carbocycles. The molecule has 0 radical (unpaired) electrons. The Balaban J connectivity index is 0.000001000. The fraction of sp³-hybridized carbons (Fsp3) is 0.167. The molecular formula is C6H8Cl2N2O. The summed E-state index contributed by atoms with van der Waals surface area (Å²) in [5.74, 6) is 0. The number of hydrogen-bond donors (Lipinski definition) is 2. The average molecular weight is 195 g/mol. The molecule has 0 aromatic carbocycles. The smallest absolute Gasteiger partial charge is 0.162 e. The fourth-order valence-corrected chi connectivity index (χ4v) is 0.945. The molecule has 0 unspecified atom stereocenters. The Morgan fingerprint density at radius 1 is 1.55 bits per heavy atom. The van der Waals surface area contributed by atoms with Crippen LogP contribution in [0.2, 0.25) is 5.02 Å². The molecule has 11 heavy (non-hydrogen) atoms. The summed E-state index contributed by atoms with van der Waals surface area (Å²) in [5, 5.41) is 16.6. The van der Waals surface area contributed by atoms with Gasteiger partial charge >= 0.3 is 0 Å². The fourth-order valence-electron chi connectivity index (χ4n) is 0.684. The van der Waals surface area contributed by atoms with Crippen molar-refractivity contribution in [3.8, 4) is 0 Å². The number of pyridine rings is 1. The maximum absolute atomic E-state index is 9.00. The van der Waals surface area contributed by atoms with Crippen LogP contribution in [0.3, 0.4) is 0 Å². The number of halogens is 2. The molecule has 0 bridgehead atoms. The molecule has 0 fully saturated rings. The number of aromatic nitrogens is 1. The summed E-state index contributed by atoms with van der Waals surface area (Å²) >= 11 is 5.58. The van der Waals surface area contributed by atoms with Crippen LogP contribution in [0.15, 0.2) is 12.1 Å². The Morgan fingerprint density at radius 2 is 2.09 bits per heavy atom. The zero-order valence-corrected chi connectivity index (χ0v) is 7.41. The highest BCUT2D eigenvalue weighted by molar-refractivity contribution is 6.30. The maximum Gasteiger partial charge on any atom is 0.162 e. The van der Waals surface area contributed by atoms with Crippen LogP contribution in [0.5, 0.6) is 0 Å². The summed E-state index contributed by atoms with van der Waals surface area (Å²) in [6.07, 6.45) is 0. The maximum atomic E-state index is 9.00. The molecule has 0 saturated carbocycles. The van der Waals surface area contributed by atoms with E-state index in [2.05, 4.69) is 0 Å². The SMILES string of the molecule is Cc1cc(Cl)cc(=N)n1O.Cl. The van der Waals surface area contributed by atoms with Gasteiger partial charge < -0.3 is 5.21 Å². The molecule has 1 heterocycles. The summed E-state index contributed by atoms with van der Waals surface area (Å²) in [4.78, 5) is 0. The van der Waals surface area contributed by atoms with Gasteiger partial charge in [-0.1, -0.05) is 11.6 Å². The van der Waals surface area contributed by atoms with E-state index in [1.807, 2.05) is 0 Å². The molecule has 0 saturated heterocycles. The number of hydrogen-bond acceptors (Lipinski definition) is 2. The van der Waals surface area contributed by atoms with Gasteiger partial charge in [0.05, 0.1) is 5.69 Å². The van der Waals surface area contributed by atoms with E-state index >= 15 is 0 Å². The van der Waals surface area contributed by atoms with Crippen LogP contribution in [0.4, 0.5) is 0 Å². The van der Waals surface area contributed by atoms with Gasteiger partial charge in [0, 0.05) is 11.1 Å². The standard InChI is InChI=1S/C6H7ClN2O.ClH/c1-4-2-5(7)3-6(8)9(4)10;/h2-3,8,10H,1H3;1H. The van der Waals surface area contributed by atoms with Crippen molar-refractivity contribution in [2.75, 3.05) is 0 Å². The van der Waals surface area contributed by atoms with E-state index in [1.165, 1.54) is 6.07 Å². The van der Waals surface area contributed by atoms with Crippen LogP contribution in [0, 0.1) is 12.3 Å². The van der Waals surface area contributed by atoms with E-state index in [9.17, 15) is 0 Å². The molecule has 0 spiro atoms. The summed E-state index contributed by atoms with van der Waals surface area (Å²) in [7, 11) is 0. The molecule has 0 aliphatic rings. The highest BCUT2D eigenvalue weighted by Gasteiger charge is 1.95. The van der Waals surface area contributed by atoms with Crippen LogP contribution in [-0.4, -0.2) is 9.94 Å². The number of nitrogens with zero attached hydrogens (tertiary/aromatic N) is 1. The topological polar surface area (TPSA) is 49.0 Å². The molecule has 1 aromatic heterocycles. The van der Waals surface area contributed by atoms with Gasteiger partial charge in [-0.2, -0.15) is 4.73 Å². The molecular weight excluding hydrogens is 187 g/mol. The highest BCUT2D eigenvalue weighted by Crippen LogP contribution is 2.04. The molecule has 3 nitrogen and oxygen atoms in total. The lowest BCUT2D eigenvalue weighted by Gasteiger charge is -2.01. The van der Waals surface area contributed by atoms with Crippen LogP contribution in [0.1, 0.15) is 5.69 Å². The third-order valence-corrected chi connectivity index (χ3v) is 1.40. The molecule has 0 atom stereocenters. The minimum absolute atomic E-state index is 0. The van der Waals surface area contributed by atoms with Gasteiger partial charge in [0.1, 0.15) is 0 Å². The van der Waals surface area contributed by atoms with E-state index in [4.69, 9.17) is 22.2 Å². The van der Waals surface area contributed by atoms with Gasteiger partial charge in [-0.15, -0.1) is 12.4 Å². The Kier molecular flexibility index (Phi) is 3.42. The molecule has 62 valence electrons. The van der Waals surface area contributed by atoms with Crippen molar-refractivity contribution in [2.24, 2.45) is 0 Å². The lowest BCUT2D eigenvalue weighted by atomic mass is 10.4. The number of rotatable bonds is 0.